The normalized spacial score (nSPS) is 20.2. The van der Waals surface area contributed by atoms with Crippen LogP contribution in [-0.2, 0) is 11.3 Å². The van der Waals surface area contributed by atoms with Crippen molar-refractivity contribution in [3.8, 4) is 5.75 Å². The first-order valence-electron chi connectivity index (χ1n) is 6.46. The van der Waals surface area contributed by atoms with E-state index in [2.05, 4.69) is 17.0 Å². The highest BCUT2D eigenvalue weighted by molar-refractivity contribution is 5.28. The average molecular weight is 250 g/mol. The molecule has 4 heteroatoms. The molecular formula is C14H22N2O2. The van der Waals surface area contributed by atoms with E-state index in [1.807, 2.05) is 12.1 Å². The highest BCUT2D eigenvalue weighted by atomic mass is 16.5. The summed E-state index contributed by atoms with van der Waals surface area (Å²) in [5, 5.41) is 0. The lowest BCUT2D eigenvalue weighted by Crippen LogP contribution is -2.26. The third-order valence-corrected chi connectivity index (χ3v) is 3.17. The van der Waals surface area contributed by atoms with E-state index in [4.69, 9.17) is 15.2 Å². The van der Waals surface area contributed by atoms with Crippen LogP contribution >= 0.6 is 0 Å². The maximum absolute atomic E-state index is 5.91. The van der Waals surface area contributed by atoms with Gasteiger partial charge in [0.25, 0.3) is 0 Å². The summed E-state index contributed by atoms with van der Waals surface area (Å²) in [5.41, 5.74) is 7.19. The molecule has 1 aliphatic heterocycles. The highest BCUT2D eigenvalue weighted by Gasteiger charge is 2.18. The van der Waals surface area contributed by atoms with Crippen LogP contribution < -0.4 is 10.5 Å². The molecule has 0 saturated carbocycles. The topological polar surface area (TPSA) is 47.7 Å². The third kappa shape index (κ3) is 3.98. The Hall–Kier alpha value is -1.10. The largest absolute Gasteiger partial charge is 0.491 e. The monoisotopic (exact) mass is 250 g/mol. The van der Waals surface area contributed by atoms with Gasteiger partial charge in [-0.15, -0.1) is 0 Å². The molecule has 0 bridgehead atoms. The number of nitrogens with two attached hydrogens (primary N) is 1. The Balaban J connectivity index is 1.86. The fourth-order valence-corrected chi connectivity index (χ4v) is 2.24. The number of benzene rings is 1. The molecule has 1 aliphatic rings. The predicted molar refractivity (Wildman–Crippen MR) is 71.7 cm³/mol. The van der Waals surface area contributed by atoms with E-state index >= 15 is 0 Å². The lowest BCUT2D eigenvalue weighted by atomic mass is 10.2. The number of hydrogen-bond acceptors (Lipinski definition) is 4. The molecule has 0 amide bonds. The second-order valence-electron chi connectivity index (χ2n) is 4.77. The van der Waals surface area contributed by atoms with Crippen molar-refractivity contribution in [3.63, 3.8) is 0 Å². The molecule has 2 rings (SSSR count). The maximum Gasteiger partial charge on any atom is 0.119 e. The van der Waals surface area contributed by atoms with E-state index in [9.17, 15) is 0 Å². The number of nitrogens with zero attached hydrogens (tertiary/aromatic N) is 1. The van der Waals surface area contributed by atoms with Gasteiger partial charge in [-0.25, -0.2) is 0 Å². The van der Waals surface area contributed by atoms with Crippen LogP contribution in [0, 0.1) is 0 Å². The summed E-state index contributed by atoms with van der Waals surface area (Å²) in [5.74, 6) is 0.910. The number of hydrogen-bond donors (Lipinski definition) is 1. The fourth-order valence-electron chi connectivity index (χ4n) is 2.24. The lowest BCUT2D eigenvalue weighted by Gasteiger charge is -2.15. The van der Waals surface area contributed by atoms with Gasteiger partial charge < -0.3 is 15.2 Å². The number of methoxy groups -OCH3 is 1. The van der Waals surface area contributed by atoms with E-state index in [0.29, 0.717) is 19.3 Å². The molecule has 18 heavy (non-hydrogen) atoms. The maximum atomic E-state index is 5.91. The molecular weight excluding hydrogens is 228 g/mol. The van der Waals surface area contributed by atoms with Gasteiger partial charge in [-0.1, -0.05) is 12.1 Å². The van der Waals surface area contributed by atoms with Gasteiger partial charge in [-0.2, -0.15) is 0 Å². The van der Waals surface area contributed by atoms with E-state index in [-0.39, 0.29) is 0 Å². The molecule has 0 radical (unpaired) electrons. The SMILES string of the molecule is COCCOc1cccc(CN2CC[C@@H](N)C2)c1. The number of ether oxygens (including phenoxy) is 2. The van der Waals surface area contributed by atoms with Crippen LogP contribution in [-0.4, -0.2) is 44.4 Å². The minimum absolute atomic E-state index is 0.339. The summed E-state index contributed by atoms with van der Waals surface area (Å²) < 4.78 is 10.6. The van der Waals surface area contributed by atoms with Crippen molar-refractivity contribution in [2.24, 2.45) is 5.73 Å². The Bertz CT molecular complexity index is 371. The van der Waals surface area contributed by atoms with Gasteiger partial charge in [0.1, 0.15) is 12.4 Å². The van der Waals surface area contributed by atoms with Gasteiger partial charge in [-0.05, 0) is 24.1 Å². The van der Waals surface area contributed by atoms with Crippen molar-refractivity contribution in [2.75, 3.05) is 33.4 Å². The Morgan fingerprint density at radius 2 is 2.28 bits per heavy atom. The molecule has 0 aromatic heterocycles. The van der Waals surface area contributed by atoms with E-state index < -0.39 is 0 Å². The van der Waals surface area contributed by atoms with Crippen molar-refractivity contribution in [2.45, 2.75) is 19.0 Å². The van der Waals surface area contributed by atoms with Crippen LogP contribution in [0.15, 0.2) is 24.3 Å². The zero-order valence-corrected chi connectivity index (χ0v) is 11.0. The summed E-state index contributed by atoms with van der Waals surface area (Å²) in [6.07, 6.45) is 1.10. The van der Waals surface area contributed by atoms with Crippen molar-refractivity contribution in [1.29, 1.82) is 0 Å². The fraction of sp³-hybridized carbons (Fsp3) is 0.571. The van der Waals surface area contributed by atoms with Gasteiger partial charge in [0.05, 0.1) is 6.61 Å². The third-order valence-electron chi connectivity index (χ3n) is 3.17. The van der Waals surface area contributed by atoms with Crippen LogP contribution in [0.25, 0.3) is 0 Å². The van der Waals surface area contributed by atoms with Gasteiger partial charge in [0.2, 0.25) is 0 Å². The molecule has 1 atom stereocenters. The van der Waals surface area contributed by atoms with Gasteiger partial charge >= 0.3 is 0 Å². The standard InChI is InChI=1S/C14H22N2O2/c1-17-7-8-18-14-4-2-3-12(9-14)10-16-6-5-13(15)11-16/h2-4,9,13H,5-8,10-11,15H2,1H3/t13-/m1/s1. The zero-order valence-electron chi connectivity index (χ0n) is 11.0. The van der Waals surface area contributed by atoms with Crippen LogP contribution in [0.5, 0.6) is 5.75 Å². The first-order chi connectivity index (χ1) is 8.78. The number of likely N-dealkylation sites (tertiary alicyclic amines) is 1. The quantitative estimate of drug-likeness (QED) is 0.772. The summed E-state index contributed by atoms with van der Waals surface area (Å²) in [6, 6.07) is 8.58. The first kappa shape index (κ1) is 13.3. The van der Waals surface area contributed by atoms with Crippen molar-refractivity contribution in [1.82, 2.24) is 4.90 Å². The first-order valence-corrected chi connectivity index (χ1v) is 6.46. The molecule has 0 spiro atoms. The van der Waals surface area contributed by atoms with E-state index in [1.165, 1.54) is 5.56 Å². The average Bonchev–Trinajstić information content (AvgIpc) is 2.76. The Morgan fingerprint density at radius 3 is 3.00 bits per heavy atom. The van der Waals surface area contributed by atoms with Crippen LogP contribution in [0.3, 0.4) is 0 Å². The lowest BCUT2D eigenvalue weighted by molar-refractivity contribution is 0.146. The summed E-state index contributed by atoms with van der Waals surface area (Å²) >= 11 is 0. The van der Waals surface area contributed by atoms with Crippen LogP contribution in [0.1, 0.15) is 12.0 Å². The van der Waals surface area contributed by atoms with E-state index in [1.54, 1.807) is 7.11 Å². The highest BCUT2D eigenvalue weighted by Crippen LogP contribution is 2.17. The van der Waals surface area contributed by atoms with Gasteiger partial charge in [0, 0.05) is 32.8 Å². The molecule has 2 N–H and O–H groups in total. The molecule has 4 nitrogen and oxygen atoms in total. The van der Waals surface area contributed by atoms with Crippen molar-refractivity contribution < 1.29 is 9.47 Å². The van der Waals surface area contributed by atoms with Gasteiger partial charge in [-0.3, -0.25) is 4.90 Å². The summed E-state index contributed by atoms with van der Waals surface area (Å²) in [7, 11) is 1.68. The molecule has 1 aromatic rings. The van der Waals surface area contributed by atoms with E-state index in [0.717, 1.165) is 31.8 Å². The smallest absolute Gasteiger partial charge is 0.119 e. The second-order valence-corrected chi connectivity index (χ2v) is 4.77. The molecule has 0 unspecified atom stereocenters. The molecule has 1 aromatic carbocycles. The molecule has 1 heterocycles. The molecule has 1 saturated heterocycles. The summed E-state index contributed by atoms with van der Waals surface area (Å²) in [6.45, 7) is 4.25. The van der Waals surface area contributed by atoms with Crippen LogP contribution in [0.4, 0.5) is 0 Å². The van der Waals surface area contributed by atoms with Crippen molar-refractivity contribution in [3.05, 3.63) is 29.8 Å². The molecule has 1 fully saturated rings. The minimum Gasteiger partial charge on any atom is -0.491 e. The van der Waals surface area contributed by atoms with Crippen molar-refractivity contribution >= 4 is 0 Å². The Kier molecular flexibility index (Phi) is 4.99. The minimum atomic E-state index is 0.339. The predicted octanol–water partition coefficient (Wildman–Crippen LogP) is 1.24. The molecule has 0 aliphatic carbocycles. The zero-order chi connectivity index (χ0) is 12.8. The summed E-state index contributed by atoms with van der Waals surface area (Å²) in [4.78, 5) is 2.39. The second kappa shape index (κ2) is 6.73. The van der Waals surface area contributed by atoms with Gasteiger partial charge in [0.15, 0.2) is 0 Å². The van der Waals surface area contributed by atoms with Crippen LogP contribution in [0.2, 0.25) is 0 Å². The molecule has 100 valence electrons. The Morgan fingerprint density at radius 1 is 1.39 bits per heavy atom. The number of rotatable bonds is 6. The Labute approximate surface area is 109 Å².